The van der Waals surface area contributed by atoms with Crippen molar-refractivity contribution in [2.75, 3.05) is 36.0 Å². The molecule has 2 saturated heterocycles. The average molecular weight is 1540 g/mol. The Morgan fingerprint density at radius 1 is 0.450 bits per heavy atom. The van der Waals surface area contributed by atoms with E-state index in [1.165, 1.54) is 52.6 Å². The molecule has 32 heteroatoms. The second-order valence-corrected chi connectivity index (χ2v) is 31.2. The lowest BCUT2D eigenvalue weighted by Crippen LogP contribution is -2.34. The molecule has 0 spiro atoms. The number of aryl methyl sites for hydroxylation is 5. The van der Waals surface area contributed by atoms with Gasteiger partial charge in [-0.2, -0.15) is 17.0 Å². The molecule has 0 bridgehead atoms. The van der Waals surface area contributed by atoms with Gasteiger partial charge in [0.1, 0.15) is 9.79 Å². The van der Waals surface area contributed by atoms with Gasteiger partial charge >= 0.3 is 22.6 Å². The molecule has 2 unspecified atom stereocenters. The van der Waals surface area contributed by atoms with Crippen molar-refractivity contribution in [1.29, 1.82) is 0 Å². The van der Waals surface area contributed by atoms with E-state index in [0.29, 0.717) is 60.6 Å². The number of cyclic esters (lactones) is 2. The Bertz CT molecular complexity index is 3740. The molecule has 3 N–H and O–H groups in total. The number of benzene rings is 4. The fourth-order valence-corrected chi connectivity index (χ4v) is 16.8. The Labute approximate surface area is 609 Å². The number of amides is 4. The molecule has 0 saturated carbocycles. The maximum atomic E-state index is 14.0. The molecule has 6 rings (SSSR count). The van der Waals surface area contributed by atoms with Crippen LogP contribution in [-0.2, 0) is 49.5 Å². The van der Waals surface area contributed by atoms with E-state index in [4.69, 9.17) is 88.7 Å². The van der Waals surface area contributed by atoms with E-state index in [0.717, 1.165) is 150 Å². The molecule has 25 nitrogen and oxygen atoms in total. The molecule has 0 aliphatic carbocycles. The summed E-state index contributed by atoms with van der Waals surface area (Å²) in [6.45, 7) is 20.6. The van der Waals surface area contributed by atoms with Gasteiger partial charge < -0.3 is 14.7 Å². The molecule has 2 fully saturated rings. The standard InChI is InChI=1S/C34H47Cl2N3O7S.C34H48Cl2N2O5S.HNO3.H2O4S/c1-6-8-10-12-14-16-18-37(19-17-15-13-11-9-7-2)47(44,45)29-22-26(35)28(21-27(29)36)38-33(40)32(46-34(38)41)30-23(3)20-24(4)31(25(30)5)39(42)43;1-6-8-10-12-14-16-18-37(19-17-15-13-11-9-7-2)44(41,42)30-23-27(35)29(22-28(30)36)38-33(39)32(43-34(38)40)31-25(4)20-24(3)21-26(31)5;2-1(3)4;1-5(2,3)4/h20-22,32H,6-19H2,1-5H3;20-23,32H,6-19H2,1-5H3;(H,2,3,4);(H2,1,2,3,4). The highest BCUT2D eigenvalue weighted by molar-refractivity contribution is 7.89. The maximum Gasteiger partial charge on any atom is 0.422 e. The number of imide groups is 2. The lowest BCUT2D eigenvalue weighted by Gasteiger charge is -2.24. The van der Waals surface area contributed by atoms with Crippen molar-refractivity contribution in [3.63, 3.8) is 0 Å². The number of rotatable bonds is 37. The van der Waals surface area contributed by atoms with E-state index in [9.17, 15) is 46.1 Å². The predicted molar refractivity (Wildman–Crippen MR) is 388 cm³/mol. The first-order chi connectivity index (χ1) is 46.9. The molecular formula is C68H98Cl4N6O19S3. The largest absolute Gasteiger partial charge is 0.430 e. The molecule has 4 aromatic carbocycles. The van der Waals surface area contributed by atoms with E-state index in [1.54, 1.807) is 19.9 Å². The summed E-state index contributed by atoms with van der Waals surface area (Å²) in [5, 5.41) is 24.8. The predicted octanol–water partition coefficient (Wildman–Crippen LogP) is 18.6. The molecule has 560 valence electrons. The number of nitrogens with zero attached hydrogens (tertiary/aromatic N) is 6. The van der Waals surface area contributed by atoms with Crippen molar-refractivity contribution in [3.8, 4) is 0 Å². The summed E-state index contributed by atoms with van der Waals surface area (Å²) in [5.74, 6) is -1.42. The number of ether oxygens (including phenoxy) is 2. The minimum absolute atomic E-state index is 0.00562. The first-order valence-corrected chi connectivity index (χ1v) is 39.7. The summed E-state index contributed by atoms with van der Waals surface area (Å²) in [4.78, 5) is 74.0. The van der Waals surface area contributed by atoms with E-state index in [2.05, 4.69) is 27.7 Å². The number of carbonyl (C=O) groups excluding carboxylic acids is 4. The Morgan fingerprint density at radius 2 is 0.730 bits per heavy atom. The summed E-state index contributed by atoms with van der Waals surface area (Å²) >= 11 is 26.4. The Morgan fingerprint density at radius 3 is 1.03 bits per heavy atom. The van der Waals surface area contributed by atoms with Gasteiger partial charge in [0.25, 0.3) is 22.6 Å². The summed E-state index contributed by atoms with van der Waals surface area (Å²) in [6, 6.07) is 10.3. The number of halogens is 4. The van der Waals surface area contributed by atoms with Crippen LogP contribution in [0, 0.1) is 61.8 Å². The number of hydrogen-bond acceptors (Lipinski definition) is 16. The molecule has 2 atom stereocenters. The van der Waals surface area contributed by atoms with Crippen LogP contribution in [0.4, 0.5) is 26.7 Å². The van der Waals surface area contributed by atoms with Crippen molar-refractivity contribution < 1.29 is 78.2 Å². The fraction of sp³-hybridized carbons (Fsp3) is 0.588. The van der Waals surface area contributed by atoms with Gasteiger partial charge in [0.05, 0.1) is 36.4 Å². The van der Waals surface area contributed by atoms with Gasteiger partial charge in [-0.1, -0.05) is 220 Å². The third-order valence-corrected chi connectivity index (χ3v) is 22.2. The first-order valence-electron chi connectivity index (χ1n) is 33.9. The van der Waals surface area contributed by atoms with Gasteiger partial charge in [0, 0.05) is 48.4 Å². The fourth-order valence-electron chi connectivity index (χ4n) is 12.1. The number of carbonyl (C=O) groups is 4. The van der Waals surface area contributed by atoms with Crippen LogP contribution in [0.3, 0.4) is 0 Å². The van der Waals surface area contributed by atoms with Gasteiger partial charge in [-0.3, -0.25) is 28.8 Å². The molecule has 4 amide bonds. The van der Waals surface area contributed by atoms with Crippen molar-refractivity contribution >= 4 is 118 Å². The van der Waals surface area contributed by atoms with Crippen LogP contribution in [0.5, 0.6) is 0 Å². The molecular weight excluding hydrogens is 1440 g/mol. The van der Waals surface area contributed by atoms with Crippen molar-refractivity contribution in [2.24, 2.45) is 0 Å². The monoisotopic (exact) mass is 1540 g/mol. The molecule has 100 heavy (non-hydrogen) atoms. The van der Waals surface area contributed by atoms with Gasteiger partial charge in [0.15, 0.2) is 0 Å². The average Bonchev–Trinajstić information content (AvgIpc) is 1.53. The number of anilines is 2. The molecule has 2 heterocycles. The highest BCUT2D eigenvalue weighted by Crippen LogP contribution is 2.45. The van der Waals surface area contributed by atoms with E-state index in [1.807, 2.05) is 32.9 Å². The number of hydrogen-bond donors (Lipinski definition) is 3. The number of nitro benzene ring substituents is 1. The van der Waals surface area contributed by atoms with Crippen molar-refractivity contribution in [3.05, 3.63) is 127 Å². The van der Waals surface area contributed by atoms with Crippen LogP contribution in [0.15, 0.2) is 52.3 Å². The summed E-state index contributed by atoms with van der Waals surface area (Å²) in [7, 11) is -12.7. The number of nitro groups is 1. The Hall–Kier alpha value is -5.79. The molecule has 0 radical (unpaired) electrons. The highest BCUT2D eigenvalue weighted by Gasteiger charge is 2.47. The van der Waals surface area contributed by atoms with Crippen LogP contribution in [0.2, 0.25) is 20.1 Å². The SMILES string of the molecule is CCCCCCCCN(CCCCCCCC)S(=O)(=O)c1cc(Cl)c(N2C(=O)OC(c3c(C)cc(C)c([N+](=O)[O-])c3C)C2=O)cc1Cl.CCCCCCCCN(CCCCCCCC)S(=O)(=O)c1cc(Cl)c(N2C(=O)OC(c3c(C)cc(C)cc3C)C2=O)cc1Cl.O=S(=O)(O)O.O=[N+]([O-])O. The van der Waals surface area contributed by atoms with E-state index in [-0.39, 0.29) is 58.1 Å². The smallest absolute Gasteiger partial charge is 0.422 e. The maximum absolute atomic E-state index is 14.0. The van der Waals surface area contributed by atoms with Gasteiger partial charge in [0.2, 0.25) is 32.3 Å². The minimum Gasteiger partial charge on any atom is -0.430 e. The van der Waals surface area contributed by atoms with Crippen LogP contribution in [0.1, 0.15) is 239 Å². The number of sulfonamides is 2. The van der Waals surface area contributed by atoms with Crippen LogP contribution < -0.4 is 9.80 Å². The minimum atomic E-state index is -4.67. The van der Waals surface area contributed by atoms with E-state index < -0.39 is 76.7 Å². The lowest BCUT2D eigenvalue weighted by atomic mass is 9.93. The third-order valence-electron chi connectivity index (χ3n) is 16.9. The van der Waals surface area contributed by atoms with Gasteiger partial charge in [-0.05, 0) is 114 Å². The van der Waals surface area contributed by atoms with Crippen LogP contribution >= 0.6 is 46.4 Å². The summed E-state index contributed by atoms with van der Waals surface area (Å²) < 4.78 is 101. The second-order valence-electron chi connectivity index (χ2n) is 24.9. The molecule has 2 aliphatic heterocycles. The van der Waals surface area contributed by atoms with Crippen molar-refractivity contribution in [2.45, 2.75) is 245 Å². The quantitative estimate of drug-likeness (QED) is 0.0163. The molecule has 4 aromatic rings. The highest BCUT2D eigenvalue weighted by atomic mass is 35.5. The molecule has 0 aromatic heterocycles. The number of unbranched alkanes of at least 4 members (excludes halogenated alkanes) is 20. The summed E-state index contributed by atoms with van der Waals surface area (Å²) in [6.07, 6.45) is 20.1. The van der Waals surface area contributed by atoms with Gasteiger partial charge in [-0.15, -0.1) is 10.1 Å². The lowest BCUT2D eigenvalue weighted by molar-refractivity contribution is -0.742. The zero-order valence-corrected chi connectivity index (χ0v) is 64.3. The third kappa shape index (κ3) is 26.5. The van der Waals surface area contributed by atoms with Gasteiger partial charge in [-0.25, -0.2) is 36.2 Å². The topological polar surface area (TPSA) is 349 Å². The van der Waals surface area contributed by atoms with Crippen LogP contribution in [0.25, 0.3) is 0 Å². The molecule has 2 aliphatic rings. The zero-order chi connectivity index (χ0) is 75.4. The van der Waals surface area contributed by atoms with Crippen LogP contribution in [-0.4, -0.2) is 108 Å². The Balaban J connectivity index is 0.000000464. The van der Waals surface area contributed by atoms with E-state index >= 15 is 0 Å². The normalized spacial score (nSPS) is 14.7. The Kier molecular flexibility index (Phi) is 37.8. The van der Waals surface area contributed by atoms with Crippen molar-refractivity contribution in [1.82, 2.24) is 8.61 Å². The first kappa shape index (κ1) is 88.4. The second kappa shape index (κ2) is 42.7. The zero-order valence-electron chi connectivity index (χ0n) is 58.8. The summed E-state index contributed by atoms with van der Waals surface area (Å²) in [5.41, 5.74) is 4.38.